The molecule has 8 heteroatoms. The number of hydrogen-bond donors (Lipinski definition) is 2. The van der Waals surface area contributed by atoms with E-state index in [-0.39, 0.29) is 30.8 Å². The van der Waals surface area contributed by atoms with Gasteiger partial charge >= 0.3 is 5.97 Å². The Balaban J connectivity index is 1.29. The van der Waals surface area contributed by atoms with Crippen LogP contribution in [0.1, 0.15) is 73.4 Å². The van der Waals surface area contributed by atoms with Crippen LogP contribution in [0.3, 0.4) is 0 Å². The van der Waals surface area contributed by atoms with Crippen molar-refractivity contribution in [3.8, 4) is 0 Å². The van der Waals surface area contributed by atoms with Gasteiger partial charge in [0.05, 0.1) is 18.8 Å². The topological polar surface area (TPSA) is 97.3 Å². The number of benzene rings is 4. The molecule has 0 spiro atoms. The number of nitrogens with zero attached hydrogens (tertiary/aromatic N) is 1. The second-order valence-electron chi connectivity index (χ2n) is 11.8. The Morgan fingerprint density at radius 1 is 0.911 bits per heavy atom. The molecule has 8 nitrogen and oxygen atoms in total. The fraction of sp³-hybridized carbons (Fsp3) is 0.351. The number of aliphatic hydroxyl groups is 1. The van der Waals surface area contributed by atoms with Crippen molar-refractivity contribution in [2.24, 2.45) is 0 Å². The maximum absolute atomic E-state index is 12.3. The first kappa shape index (κ1) is 32.3. The lowest BCUT2D eigenvalue weighted by Gasteiger charge is -2.39. The Labute approximate surface area is 264 Å². The highest BCUT2D eigenvalue weighted by molar-refractivity contribution is 5.83. The van der Waals surface area contributed by atoms with Gasteiger partial charge in [0.1, 0.15) is 0 Å². The molecule has 1 saturated heterocycles. The Kier molecular flexibility index (Phi) is 10.6. The largest absolute Gasteiger partial charge is 0.453 e. The molecule has 5 unspecified atom stereocenters. The maximum Gasteiger partial charge on any atom is 0.303 e. The number of ether oxygens (including phenoxy) is 3. The van der Waals surface area contributed by atoms with Gasteiger partial charge in [0.15, 0.2) is 12.4 Å². The van der Waals surface area contributed by atoms with E-state index in [1.54, 1.807) is 6.92 Å². The van der Waals surface area contributed by atoms with Gasteiger partial charge in [-0.05, 0) is 60.0 Å². The van der Waals surface area contributed by atoms with Crippen LogP contribution in [-0.2, 0) is 37.0 Å². The Morgan fingerprint density at radius 3 is 2.27 bits per heavy atom. The fourth-order valence-corrected chi connectivity index (χ4v) is 5.66. The highest BCUT2D eigenvalue weighted by Crippen LogP contribution is 2.38. The summed E-state index contributed by atoms with van der Waals surface area (Å²) >= 11 is 0. The molecule has 0 bridgehead atoms. The second kappa shape index (κ2) is 14.8. The predicted molar refractivity (Wildman–Crippen MR) is 173 cm³/mol. The quantitative estimate of drug-likeness (QED) is 0.197. The van der Waals surface area contributed by atoms with E-state index < -0.39 is 18.4 Å². The summed E-state index contributed by atoms with van der Waals surface area (Å²) in [6, 6.07) is 30.9. The molecule has 1 heterocycles. The highest BCUT2D eigenvalue weighted by Gasteiger charge is 2.33. The monoisotopic (exact) mass is 610 g/mol. The van der Waals surface area contributed by atoms with Gasteiger partial charge < -0.3 is 24.6 Å². The van der Waals surface area contributed by atoms with Gasteiger partial charge in [-0.1, -0.05) is 84.9 Å². The number of nitrogens with one attached hydrogen (secondary N) is 1. The number of carbonyl (C=O) groups excluding carboxylic acids is 2. The zero-order chi connectivity index (χ0) is 31.9. The number of amides is 1. The van der Waals surface area contributed by atoms with Crippen molar-refractivity contribution in [1.29, 1.82) is 0 Å². The van der Waals surface area contributed by atoms with Gasteiger partial charge in [-0.3, -0.25) is 14.5 Å². The van der Waals surface area contributed by atoms with Crippen LogP contribution in [0.5, 0.6) is 0 Å². The number of hydrogen-bond acceptors (Lipinski definition) is 7. The van der Waals surface area contributed by atoms with E-state index in [4.69, 9.17) is 14.2 Å². The van der Waals surface area contributed by atoms with Gasteiger partial charge in [-0.25, -0.2) is 0 Å². The molecule has 4 aromatic carbocycles. The van der Waals surface area contributed by atoms with Crippen molar-refractivity contribution in [3.63, 3.8) is 0 Å². The van der Waals surface area contributed by atoms with Crippen molar-refractivity contribution in [2.75, 3.05) is 13.6 Å². The van der Waals surface area contributed by atoms with Crippen LogP contribution in [-0.4, -0.2) is 47.7 Å². The summed E-state index contributed by atoms with van der Waals surface area (Å²) in [6.45, 7) is 6.05. The lowest BCUT2D eigenvalue weighted by Crippen LogP contribution is -2.38. The van der Waals surface area contributed by atoms with Crippen molar-refractivity contribution < 1.29 is 28.9 Å². The molecule has 45 heavy (non-hydrogen) atoms. The normalized spacial score (nSPS) is 19.6. The first-order valence-corrected chi connectivity index (χ1v) is 15.4. The first-order chi connectivity index (χ1) is 21.7. The zero-order valence-corrected chi connectivity index (χ0v) is 26.3. The third kappa shape index (κ3) is 8.35. The molecular weight excluding hydrogens is 568 g/mol. The lowest BCUT2D eigenvalue weighted by atomic mass is 9.98. The van der Waals surface area contributed by atoms with Crippen molar-refractivity contribution >= 4 is 22.6 Å². The molecule has 2 N–H and O–H groups in total. The third-order valence-electron chi connectivity index (χ3n) is 8.45. The predicted octanol–water partition coefficient (Wildman–Crippen LogP) is 6.14. The van der Waals surface area contributed by atoms with Gasteiger partial charge in [-0.2, -0.15) is 0 Å². The minimum absolute atomic E-state index is 0.00686. The molecule has 0 aliphatic carbocycles. The molecule has 0 aromatic heterocycles. The summed E-state index contributed by atoms with van der Waals surface area (Å²) in [7, 11) is 2.13. The summed E-state index contributed by atoms with van der Waals surface area (Å²) in [4.78, 5) is 25.7. The van der Waals surface area contributed by atoms with Crippen LogP contribution in [0.2, 0.25) is 0 Å². The number of carbonyl (C=O) groups is 2. The van der Waals surface area contributed by atoms with Gasteiger partial charge in [-0.15, -0.1) is 0 Å². The average Bonchev–Trinajstić information content (AvgIpc) is 3.06. The standard InChI is InChI=1S/C37H42N2O6/c1-24(32-18-17-29-7-5-6-8-33(29)19-32)39(4)22-34-20-35(30-13-11-28(23-40)12-14-30)45-37(44-34)31-15-9-27(10-16-31)21-38-36(42)25(2)43-26(3)41/h5-19,24-25,34-35,37,40H,20-23H2,1-4H3,(H,38,42). The molecule has 4 aromatic rings. The third-order valence-corrected chi connectivity index (χ3v) is 8.45. The summed E-state index contributed by atoms with van der Waals surface area (Å²) in [6.07, 6.45) is -1.03. The molecule has 5 rings (SSSR count). The van der Waals surface area contributed by atoms with Crippen LogP contribution < -0.4 is 5.32 Å². The van der Waals surface area contributed by atoms with Gasteiger partial charge in [0, 0.05) is 38.0 Å². The molecule has 5 atom stereocenters. The number of aliphatic hydroxyl groups excluding tert-OH is 1. The molecule has 1 amide bonds. The lowest BCUT2D eigenvalue weighted by molar-refractivity contribution is -0.253. The van der Waals surface area contributed by atoms with E-state index in [9.17, 15) is 14.7 Å². The fourth-order valence-electron chi connectivity index (χ4n) is 5.66. The van der Waals surface area contributed by atoms with Crippen molar-refractivity contribution in [2.45, 2.75) is 71.0 Å². The number of esters is 1. The summed E-state index contributed by atoms with van der Waals surface area (Å²) in [5.41, 5.74) is 4.92. The number of rotatable bonds is 11. The summed E-state index contributed by atoms with van der Waals surface area (Å²) in [5.74, 6) is -0.849. The Hall–Kier alpha value is -4.08. The van der Waals surface area contributed by atoms with Crippen LogP contribution in [0.4, 0.5) is 0 Å². The van der Waals surface area contributed by atoms with E-state index >= 15 is 0 Å². The van der Waals surface area contributed by atoms with Crippen molar-refractivity contribution in [1.82, 2.24) is 10.2 Å². The minimum Gasteiger partial charge on any atom is -0.453 e. The molecule has 0 saturated carbocycles. The van der Waals surface area contributed by atoms with E-state index in [0.717, 1.165) is 22.3 Å². The van der Waals surface area contributed by atoms with Gasteiger partial charge in [0.2, 0.25) is 0 Å². The first-order valence-electron chi connectivity index (χ1n) is 15.4. The summed E-state index contributed by atoms with van der Waals surface area (Å²) in [5, 5.41) is 14.8. The van der Waals surface area contributed by atoms with Crippen LogP contribution in [0.15, 0.2) is 91.0 Å². The summed E-state index contributed by atoms with van der Waals surface area (Å²) < 4.78 is 18.1. The van der Waals surface area contributed by atoms with Crippen LogP contribution in [0, 0.1) is 0 Å². The average molecular weight is 611 g/mol. The van der Waals surface area contributed by atoms with Crippen LogP contribution in [0.25, 0.3) is 10.8 Å². The zero-order valence-electron chi connectivity index (χ0n) is 26.3. The Morgan fingerprint density at radius 2 is 1.58 bits per heavy atom. The van der Waals surface area contributed by atoms with E-state index in [1.165, 1.54) is 23.3 Å². The smallest absolute Gasteiger partial charge is 0.303 e. The number of likely N-dealkylation sites (N-methyl/N-ethyl adjacent to an activating group) is 1. The van der Waals surface area contributed by atoms with E-state index in [0.29, 0.717) is 19.5 Å². The molecule has 1 fully saturated rings. The van der Waals surface area contributed by atoms with Gasteiger partial charge in [0.25, 0.3) is 5.91 Å². The van der Waals surface area contributed by atoms with E-state index in [2.05, 4.69) is 66.7 Å². The molecule has 1 aliphatic heterocycles. The molecular formula is C37H42N2O6. The minimum atomic E-state index is -0.854. The molecule has 236 valence electrons. The molecule has 1 aliphatic rings. The van der Waals surface area contributed by atoms with E-state index in [1.807, 2.05) is 48.5 Å². The second-order valence-corrected chi connectivity index (χ2v) is 11.8. The SMILES string of the molecule is CC(=O)OC(C)C(=O)NCc1ccc(C2OC(CN(C)C(C)c3ccc4ccccc4c3)CC(c3ccc(CO)cc3)O2)cc1. The van der Waals surface area contributed by atoms with Crippen molar-refractivity contribution in [3.05, 3.63) is 119 Å². The highest BCUT2D eigenvalue weighted by atomic mass is 16.7. The van der Waals surface area contributed by atoms with Crippen LogP contribution >= 0.6 is 0 Å². The Bertz CT molecular complexity index is 1590. The maximum atomic E-state index is 12.3. The number of fused-ring (bicyclic) bond motifs is 1. The molecule has 0 radical (unpaired) electrons.